The van der Waals surface area contributed by atoms with E-state index in [1.807, 2.05) is 6.08 Å². The minimum Gasteiger partial charge on any atom is -0.466 e. The quantitative estimate of drug-likeness (QED) is 0.497. The highest BCUT2D eigenvalue weighted by atomic mass is 16.3. The highest BCUT2D eigenvalue weighted by Gasteiger charge is 2.13. The van der Waals surface area contributed by atoms with Gasteiger partial charge in [-0.05, 0) is 36.8 Å². The number of rotatable bonds is 6. The third kappa shape index (κ3) is 5.20. The number of unbranched alkanes of at least 4 members (excludes halogenated alkanes) is 2. The lowest BCUT2D eigenvalue weighted by Gasteiger charge is -2.15. The lowest BCUT2D eigenvalue weighted by Crippen LogP contribution is -2.08. The molecule has 0 N–H and O–H groups in total. The van der Waals surface area contributed by atoms with Gasteiger partial charge in [0, 0.05) is 12.8 Å². The fourth-order valence-corrected chi connectivity index (χ4v) is 1.76. The molecule has 0 unspecified atom stereocenters. The average molecular weight is 220 g/mol. The third-order valence-corrected chi connectivity index (χ3v) is 2.50. The summed E-state index contributed by atoms with van der Waals surface area (Å²) in [5.74, 6) is 2.24. The summed E-state index contributed by atoms with van der Waals surface area (Å²) >= 11 is 0. The zero-order valence-electron chi connectivity index (χ0n) is 10.9. The fourth-order valence-electron chi connectivity index (χ4n) is 1.76. The van der Waals surface area contributed by atoms with Gasteiger partial charge in [0.25, 0.3) is 0 Å². The minimum absolute atomic E-state index is 0.304. The van der Waals surface area contributed by atoms with Crippen LogP contribution >= 0.6 is 0 Å². The number of hydrogen-bond donors (Lipinski definition) is 0. The van der Waals surface area contributed by atoms with Crippen LogP contribution in [-0.4, -0.2) is 0 Å². The average Bonchev–Trinajstić information content (AvgIpc) is 2.58. The fraction of sp³-hybridized carbons (Fsp3) is 0.600. The van der Waals surface area contributed by atoms with Gasteiger partial charge in [-0.15, -0.1) is 6.58 Å². The predicted octanol–water partition coefficient (Wildman–Crippen LogP) is 4.77. The molecule has 0 aliphatic rings. The molecule has 0 aliphatic heterocycles. The Balaban J connectivity index is 2.36. The van der Waals surface area contributed by atoms with Crippen molar-refractivity contribution in [3.05, 3.63) is 36.3 Å². The molecule has 0 bridgehead atoms. The van der Waals surface area contributed by atoms with Gasteiger partial charge < -0.3 is 4.42 Å². The summed E-state index contributed by atoms with van der Waals surface area (Å²) in [5, 5.41) is 0. The Morgan fingerprint density at radius 3 is 2.50 bits per heavy atom. The monoisotopic (exact) mass is 220 g/mol. The Hall–Kier alpha value is -0.980. The largest absolute Gasteiger partial charge is 0.466 e. The van der Waals surface area contributed by atoms with Gasteiger partial charge in [-0.2, -0.15) is 0 Å². The van der Waals surface area contributed by atoms with Crippen molar-refractivity contribution < 1.29 is 4.42 Å². The molecule has 0 aromatic carbocycles. The predicted molar refractivity (Wildman–Crippen MR) is 69.6 cm³/mol. The molecule has 1 rings (SSSR count). The van der Waals surface area contributed by atoms with E-state index >= 15 is 0 Å². The van der Waals surface area contributed by atoms with Crippen molar-refractivity contribution in [2.75, 3.05) is 0 Å². The Kier molecular flexibility index (Phi) is 4.85. The summed E-state index contributed by atoms with van der Waals surface area (Å²) in [6, 6.07) is 4.24. The second kappa shape index (κ2) is 5.93. The van der Waals surface area contributed by atoms with Crippen LogP contribution in [0.4, 0.5) is 0 Å². The second-order valence-corrected chi connectivity index (χ2v) is 5.64. The molecular weight excluding hydrogens is 196 g/mol. The summed E-state index contributed by atoms with van der Waals surface area (Å²) in [6.07, 6.45) is 7.55. The van der Waals surface area contributed by atoms with E-state index in [2.05, 4.69) is 39.5 Å². The van der Waals surface area contributed by atoms with Crippen molar-refractivity contribution in [3.8, 4) is 0 Å². The molecule has 1 heteroatoms. The maximum absolute atomic E-state index is 5.81. The van der Waals surface area contributed by atoms with Crippen molar-refractivity contribution >= 4 is 0 Å². The van der Waals surface area contributed by atoms with Gasteiger partial charge >= 0.3 is 0 Å². The summed E-state index contributed by atoms with van der Waals surface area (Å²) in [7, 11) is 0. The first-order valence-electron chi connectivity index (χ1n) is 6.20. The summed E-state index contributed by atoms with van der Waals surface area (Å²) < 4.78 is 5.81. The molecule has 0 atom stereocenters. The first-order valence-corrected chi connectivity index (χ1v) is 6.20. The van der Waals surface area contributed by atoms with Gasteiger partial charge in [0.1, 0.15) is 11.5 Å². The van der Waals surface area contributed by atoms with Crippen molar-refractivity contribution in [1.82, 2.24) is 0 Å². The van der Waals surface area contributed by atoms with Crippen molar-refractivity contribution in [2.24, 2.45) is 5.41 Å². The molecule has 0 spiro atoms. The smallest absolute Gasteiger partial charge is 0.104 e. The van der Waals surface area contributed by atoms with E-state index in [1.54, 1.807) is 0 Å². The van der Waals surface area contributed by atoms with E-state index < -0.39 is 0 Å². The highest BCUT2D eigenvalue weighted by molar-refractivity contribution is 5.08. The van der Waals surface area contributed by atoms with Gasteiger partial charge in [0.2, 0.25) is 0 Å². The van der Waals surface area contributed by atoms with Gasteiger partial charge in [-0.1, -0.05) is 26.8 Å². The molecule has 0 radical (unpaired) electrons. The number of hydrogen-bond acceptors (Lipinski definition) is 1. The van der Waals surface area contributed by atoms with Gasteiger partial charge in [-0.25, -0.2) is 0 Å². The topological polar surface area (TPSA) is 13.1 Å². The lowest BCUT2D eigenvalue weighted by molar-refractivity contribution is 0.352. The summed E-state index contributed by atoms with van der Waals surface area (Å²) in [6.45, 7) is 10.4. The first-order chi connectivity index (χ1) is 7.51. The zero-order valence-corrected chi connectivity index (χ0v) is 10.9. The van der Waals surface area contributed by atoms with Gasteiger partial charge in [0.05, 0.1) is 0 Å². The van der Waals surface area contributed by atoms with E-state index in [9.17, 15) is 0 Å². The van der Waals surface area contributed by atoms with Crippen LogP contribution in [0.2, 0.25) is 0 Å². The Morgan fingerprint density at radius 1 is 1.19 bits per heavy atom. The SMILES string of the molecule is C=CCCCCc1ccc(CC(C)(C)C)o1. The number of furan rings is 1. The molecular formula is C15H24O. The van der Waals surface area contributed by atoms with Crippen LogP contribution in [0.3, 0.4) is 0 Å². The molecule has 0 aliphatic carbocycles. The minimum atomic E-state index is 0.304. The third-order valence-electron chi connectivity index (χ3n) is 2.50. The van der Waals surface area contributed by atoms with E-state index in [0.717, 1.165) is 30.8 Å². The van der Waals surface area contributed by atoms with Crippen LogP contribution in [0.5, 0.6) is 0 Å². The highest BCUT2D eigenvalue weighted by Crippen LogP contribution is 2.22. The molecule has 1 aromatic heterocycles. The van der Waals surface area contributed by atoms with E-state index in [1.165, 1.54) is 12.8 Å². The van der Waals surface area contributed by atoms with E-state index in [4.69, 9.17) is 4.42 Å². The zero-order chi connectivity index (χ0) is 12.0. The molecule has 1 aromatic rings. The number of allylic oxidation sites excluding steroid dienone is 1. The molecule has 1 nitrogen and oxygen atoms in total. The maximum atomic E-state index is 5.81. The molecule has 16 heavy (non-hydrogen) atoms. The molecule has 90 valence electrons. The Bertz CT molecular complexity index is 314. The van der Waals surface area contributed by atoms with Crippen molar-refractivity contribution in [2.45, 2.75) is 52.9 Å². The van der Waals surface area contributed by atoms with Crippen LogP contribution in [0.15, 0.2) is 29.2 Å². The van der Waals surface area contributed by atoms with Gasteiger partial charge in [0.15, 0.2) is 0 Å². The van der Waals surface area contributed by atoms with Crippen LogP contribution in [0.1, 0.15) is 51.6 Å². The van der Waals surface area contributed by atoms with Crippen LogP contribution in [-0.2, 0) is 12.8 Å². The maximum Gasteiger partial charge on any atom is 0.104 e. The van der Waals surface area contributed by atoms with Crippen LogP contribution < -0.4 is 0 Å². The van der Waals surface area contributed by atoms with Crippen LogP contribution in [0, 0.1) is 5.41 Å². The van der Waals surface area contributed by atoms with E-state index in [-0.39, 0.29) is 0 Å². The molecule has 0 saturated carbocycles. The molecule has 0 fully saturated rings. The van der Waals surface area contributed by atoms with Crippen molar-refractivity contribution in [3.63, 3.8) is 0 Å². The second-order valence-electron chi connectivity index (χ2n) is 5.64. The van der Waals surface area contributed by atoms with Crippen LogP contribution in [0.25, 0.3) is 0 Å². The standard InChI is InChI=1S/C15H24O/c1-5-6-7-8-9-13-10-11-14(16-13)12-15(2,3)4/h5,10-11H,1,6-9,12H2,2-4H3. The lowest BCUT2D eigenvalue weighted by atomic mass is 9.91. The first kappa shape index (κ1) is 13.1. The normalized spacial score (nSPS) is 11.7. The van der Waals surface area contributed by atoms with Crippen molar-refractivity contribution in [1.29, 1.82) is 0 Å². The molecule has 1 heterocycles. The summed E-state index contributed by atoms with van der Waals surface area (Å²) in [4.78, 5) is 0. The van der Waals surface area contributed by atoms with Gasteiger partial charge in [-0.3, -0.25) is 0 Å². The number of aryl methyl sites for hydroxylation is 1. The van der Waals surface area contributed by atoms with E-state index in [0.29, 0.717) is 5.41 Å². The molecule has 0 saturated heterocycles. The Morgan fingerprint density at radius 2 is 1.88 bits per heavy atom. The Labute approximate surface area is 99.6 Å². The molecule has 0 amide bonds. The summed E-state index contributed by atoms with van der Waals surface area (Å²) in [5.41, 5.74) is 0.304.